The van der Waals surface area contributed by atoms with Crippen LogP contribution in [0.4, 0.5) is 21.7 Å². The first-order chi connectivity index (χ1) is 14.9. The van der Waals surface area contributed by atoms with Crippen molar-refractivity contribution in [3.8, 4) is 0 Å². The molecule has 1 aromatic carbocycles. The largest absolute Gasteiger partial charge is 0.381 e. The predicted octanol–water partition coefficient (Wildman–Crippen LogP) is 1.91. The summed E-state index contributed by atoms with van der Waals surface area (Å²) in [4.78, 5) is 32.2. The number of hydrogen-bond acceptors (Lipinski definition) is 7. The quantitative estimate of drug-likeness (QED) is 0.432. The molecule has 0 saturated carbocycles. The predicted molar refractivity (Wildman–Crippen MR) is 113 cm³/mol. The van der Waals surface area contributed by atoms with Crippen LogP contribution in [0.2, 0.25) is 0 Å². The molecule has 31 heavy (non-hydrogen) atoms. The van der Waals surface area contributed by atoms with Crippen molar-refractivity contribution in [3.05, 3.63) is 54.0 Å². The van der Waals surface area contributed by atoms with E-state index >= 15 is 0 Å². The van der Waals surface area contributed by atoms with Gasteiger partial charge in [-0.15, -0.1) is 0 Å². The number of amides is 2. The number of carbonyl (C=O) groups excluding carboxylic acids is 2. The Morgan fingerprint density at radius 2 is 1.97 bits per heavy atom. The summed E-state index contributed by atoms with van der Waals surface area (Å²) in [6.07, 6.45) is 1.94. The average molecular weight is 424 g/mol. The summed E-state index contributed by atoms with van der Waals surface area (Å²) >= 11 is 0. The van der Waals surface area contributed by atoms with Crippen molar-refractivity contribution in [1.82, 2.24) is 9.97 Å². The van der Waals surface area contributed by atoms with Crippen LogP contribution in [0.15, 0.2) is 42.6 Å². The van der Waals surface area contributed by atoms with Crippen LogP contribution in [0.3, 0.4) is 0 Å². The second kappa shape index (κ2) is 8.52. The van der Waals surface area contributed by atoms with E-state index in [0.717, 1.165) is 17.0 Å². The third-order valence-corrected chi connectivity index (χ3v) is 5.03. The van der Waals surface area contributed by atoms with Gasteiger partial charge in [-0.3, -0.25) is 14.6 Å². The van der Waals surface area contributed by atoms with Crippen LogP contribution in [0, 0.1) is 11.7 Å². The molecule has 1 atom stereocenters. The molecule has 1 aliphatic rings. The van der Waals surface area contributed by atoms with Gasteiger partial charge >= 0.3 is 0 Å². The van der Waals surface area contributed by atoms with Gasteiger partial charge in [0.05, 0.1) is 36.2 Å². The summed E-state index contributed by atoms with van der Waals surface area (Å²) in [6, 6.07) is 9.44. The maximum atomic E-state index is 14.6. The number of benzene rings is 1. The number of aromatic nitrogens is 2. The molecule has 0 bridgehead atoms. The van der Waals surface area contributed by atoms with Crippen molar-refractivity contribution in [2.75, 3.05) is 23.8 Å². The summed E-state index contributed by atoms with van der Waals surface area (Å²) in [5.41, 5.74) is 12.1. The van der Waals surface area contributed by atoms with Gasteiger partial charge in [0.1, 0.15) is 11.9 Å². The highest BCUT2D eigenvalue weighted by Crippen LogP contribution is 2.26. The Morgan fingerprint density at radius 1 is 1.19 bits per heavy atom. The van der Waals surface area contributed by atoms with Crippen LogP contribution >= 0.6 is 0 Å². The molecule has 3 heterocycles. The van der Waals surface area contributed by atoms with Crippen LogP contribution in [0.25, 0.3) is 10.9 Å². The number of fused-ring (bicyclic) bond motifs is 1. The van der Waals surface area contributed by atoms with Crippen LogP contribution in [-0.2, 0) is 9.53 Å². The second-order valence-corrected chi connectivity index (χ2v) is 7.36. The van der Waals surface area contributed by atoms with E-state index in [1.54, 1.807) is 6.20 Å². The first kappa shape index (κ1) is 20.5. The number of nitrogens with two attached hydrogens (primary N) is 2. The minimum atomic E-state index is -0.854. The molecule has 1 fully saturated rings. The van der Waals surface area contributed by atoms with Gasteiger partial charge in [-0.25, -0.2) is 9.37 Å². The van der Waals surface area contributed by atoms with Crippen LogP contribution in [-0.4, -0.2) is 41.0 Å². The molecule has 1 unspecified atom stereocenters. The smallest absolute Gasteiger partial charge is 0.252 e. The topological polar surface area (TPSA) is 145 Å². The zero-order valence-electron chi connectivity index (χ0n) is 16.5. The summed E-state index contributed by atoms with van der Waals surface area (Å²) in [6.45, 7) is 1.04. The Hall–Kier alpha value is -3.79. The molecule has 0 radical (unpaired) electrons. The monoisotopic (exact) mass is 424 g/mol. The molecule has 6 N–H and O–H groups in total. The number of primary amides is 2. The van der Waals surface area contributed by atoms with Gasteiger partial charge in [0.15, 0.2) is 11.6 Å². The molecular weight excluding hydrogens is 403 g/mol. The minimum absolute atomic E-state index is 0.0312. The first-order valence-electron chi connectivity index (χ1n) is 9.66. The molecule has 2 amide bonds. The number of carbonyl (C=O) groups is 2. The molecule has 0 aliphatic carbocycles. The molecule has 160 valence electrons. The van der Waals surface area contributed by atoms with E-state index in [1.165, 1.54) is 0 Å². The summed E-state index contributed by atoms with van der Waals surface area (Å²) in [7, 11) is 0. The second-order valence-electron chi connectivity index (χ2n) is 7.36. The zero-order valence-corrected chi connectivity index (χ0v) is 16.5. The first-order valence-corrected chi connectivity index (χ1v) is 9.66. The van der Waals surface area contributed by atoms with Crippen molar-refractivity contribution >= 4 is 40.0 Å². The molecule has 10 heteroatoms. The van der Waals surface area contributed by atoms with Crippen molar-refractivity contribution in [2.45, 2.75) is 12.5 Å². The highest BCUT2D eigenvalue weighted by atomic mass is 19.1. The van der Waals surface area contributed by atoms with Crippen LogP contribution < -0.4 is 22.1 Å². The molecular formula is C21H21FN6O3. The third kappa shape index (κ3) is 4.53. The average Bonchev–Trinajstić information content (AvgIpc) is 2.71. The molecule has 3 aromatic rings. The number of anilines is 3. The fourth-order valence-electron chi connectivity index (χ4n) is 3.31. The highest BCUT2D eigenvalue weighted by Gasteiger charge is 2.27. The van der Waals surface area contributed by atoms with E-state index in [0.29, 0.717) is 25.3 Å². The third-order valence-electron chi connectivity index (χ3n) is 5.03. The maximum absolute atomic E-state index is 14.6. The number of rotatable bonds is 8. The fourth-order valence-corrected chi connectivity index (χ4v) is 3.31. The van der Waals surface area contributed by atoms with E-state index in [1.807, 2.05) is 30.3 Å². The Kier molecular flexibility index (Phi) is 5.63. The van der Waals surface area contributed by atoms with Crippen molar-refractivity contribution in [2.24, 2.45) is 17.4 Å². The highest BCUT2D eigenvalue weighted by molar-refractivity contribution is 5.99. The van der Waals surface area contributed by atoms with Crippen LogP contribution in [0.5, 0.6) is 0 Å². The lowest BCUT2D eigenvalue weighted by molar-refractivity contribution is -0.120. The minimum Gasteiger partial charge on any atom is -0.381 e. The van der Waals surface area contributed by atoms with E-state index < -0.39 is 23.7 Å². The lowest BCUT2D eigenvalue weighted by atomic mass is 9.98. The molecule has 0 spiro atoms. The molecule has 1 saturated heterocycles. The Balaban J connectivity index is 1.65. The summed E-state index contributed by atoms with van der Waals surface area (Å²) in [5.74, 6) is -2.35. The van der Waals surface area contributed by atoms with Gasteiger partial charge in [-0.05, 0) is 24.6 Å². The van der Waals surface area contributed by atoms with E-state index in [2.05, 4.69) is 20.6 Å². The number of nitrogens with zero attached hydrogens (tertiary/aromatic N) is 2. The fraction of sp³-hybridized carbons (Fsp3) is 0.238. The van der Waals surface area contributed by atoms with Gasteiger partial charge in [0.2, 0.25) is 5.91 Å². The zero-order chi connectivity index (χ0) is 22.0. The van der Waals surface area contributed by atoms with Crippen molar-refractivity contribution in [3.63, 3.8) is 0 Å². The number of para-hydroxylation sites is 1. The Labute approximate surface area is 177 Å². The molecule has 9 nitrogen and oxygen atoms in total. The van der Waals surface area contributed by atoms with E-state index in [-0.39, 0.29) is 23.1 Å². The van der Waals surface area contributed by atoms with Gasteiger partial charge < -0.3 is 26.8 Å². The van der Waals surface area contributed by atoms with Crippen molar-refractivity contribution < 1.29 is 18.7 Å². The number of pyridine rings is 2. The number of hydrogen-bond donors (Lipinski definition) is 4. The van der Waals surface area contributed by atoms with Crippen LogP contribution in [0.1, 0.15) is 16.8 Å². The van der Waals surface area contributed by atoms with Gasteiger partial charge in [-0.1, -0.05) is 18.2 Å². The number of halogens is 1. The van der Waals surface area contributed by atoms with E-state index in [4.69, 9.17) is 16.2 Å². The maximum Gasteiger partial charge on any atom is 0.252 e. The van der Waals surface area contributed by atoms with Gasteiger partial charge in [-0.2, -0.15) is 0 Å². The van der Waals surface area contributed by atoms with E-state index in [9.17, 15) is 14.0 Å². The summed E-state index contributed by atoms with van der Waals surface area (Å²) in [5, 5.41) is 6.57. The normalized spacial score (nSPS) is 14.6. The lowest BCUT2D eigenvalue weighted by Crippen LogP contribution is -2.41. The number of ether oxygens (including phenoxy) is 1. The Morgan fingerprint density at radius 3 is 2.65 bits per heavy atom. The lowest BCUT2D eigenvalue weighted by Gasteiger charge is -2.29. The molecule has 4 rings (SSSR count). The molecule has 1 aliphatic heterocycles. The SMILES string of the molecule is NC(=O)c1cc(F)c(NC(CC2COC2)C(N)=O)nc1Nc1cnc2ccccc2c1. The Bertz CT molecular complexity index is 1150. The summed E-state index contributed by atoms with van der Waals surface area (Å²) < 4.78 is 19.8. The van der Waals surface area contributed by atoms with Gasteiger partial charge in [0.25, 0.3) is 5.91 Å². The van der Waals surface area contributed by atoms with Gasteiger partial charge in [0, 0.05) is 11.3 Å². The standard InChI is InChI=1S/C21H21FN6O3/c22-15-7-14(18(23)29)20(26-13-6-12-3-1-2-4-16(12)25-8-13)28-21(15)27-17(19(24)30)5-11-9-31-10-11/h1-4,6-8,11,17H,5,9-10H2,(H2,23,29)(H2,24,30)(H2,26,27,28). The number of nitrogens with one attached hydrogen (secondary N) is 2. The molecule has 2 aromatic heterocycles. The van der Waals surface area contributed by atoms with Crippen molar-refractivity contribution in [1.29, 1.82) is 0 Å².